The molecule has 100 valence electrons. The summed E-state index contributed by atoms with van der Waals surface area (Å²) in [6, 6.07) is 0. The molecule has 1 rings (SSSR count). The Kier molecular flexibility index (Phi) is 5.88. The van der Waals surface area contributed by atoms with Gasteiger partial charge in [-0.1, -0.05) is 6.92 Å². The van der Waals surface area contributed by atoms with Crippen molar-refractivity contribution in [3.05, 3.63) is 0 Å². The summed E-state index contributed by atoms with van der Waals surface area (Å²) in [6.07, 6.45) is 1.93. The second kappa shape index (κ2) is 6.93. The van der Waals surface area contributed by atoms with E-state index in [9.17, 15) is 9.90 Å². The van der Waals surface area contributed by atoms with Gasteiger partial charge in [0.05, 0.1) is 19.8 Å². The second-order valence-corrected chi connectivity index (χ2v) is 4.33. The lowest BCUT2D eigenvalue weighted by Crippen LogP contribution is -2.57. The quantitative estimate of drug-likeness (QED) is 0.559. The summed E-state index contributed by atoms with van der Waals surface area (Å²) in [4.78, 5) is 11.4. The van der Waals surface area contributed by atoms with Gasteiger partial charge in [-0.05, 0) is 32.2 Å². The standard InChI is InChI=1S/C12H23NO4/c1-3-13-12(11(14)15,10-5-6-10)9-17-8-7-16-4-2/h10,13H,3-9H2,1-2H3,(H,14,15). The van der Waals surface area contributed by atoms with E-state index in [1.54, 1.807) is 0 Å². The molecular formula is C12H23NO4. The number of nitrogens with one attached hydrogen (secondary N) is 1. The van der Waals surface area contributed by atoms with Crippen molar-refractivity contribution in [1.29, 1.82) is 0 Å². The third-order valence-corrected chi connectivity index (χ3v) is 3.05. The first kappa shape index (κ1) is 14.4. The third-order valence-electron chi connectivity index (χ3n) is 3.05. The summed E-state index contributed by atoms with van der Waals surface area (Å²) in [7, 11) is 0. The Morgan fingerprint density at radius 1 is 1.35 bits per heavy atom. The molecule has 2 N–H and O–H groups in total. The molecule has 1 aliphatic rings. The molecule has 0 aromatic carbocycles. The molecule has 0 amide bonds. The molecule has 5 nitrogen and oxygen atoms in total. The monoisotopic (exact) mass is 245 g/mol. The number of carboxylic acids is 1. The smallest absolute Gasteiger partial charge is 0.326 e. The SMILES string of the molecule is CCNC(COCCOCC)(C(=O)O)C1CC1. The van der Waals surface area contributed by atoms with E-state index in [-0.39, 0.29) is 12.5 Å². The molecule has 1 atom stereocenters. The number of ether oxygens (including phenoxy) is 2. The van der Waals surface area contributed by atoms with Gasteiger partial charge >= 0.3 is 5.97 Å². The van der Waals surface area contributed by atoms with Gasteiger partial charge in [-0.2, -0.15) is 0 Å². The van der Waals surface area contributed by atoms with Crippen LogP contribution >= 0.6 is 0 Å². The predicted molar refractivity (Wildman–Crippen MR) is 64.1 cm³/mol. The summed E-state index contributed by atoms with van der Waals surface area (Å²) < 4.78 is 10.6. The second-order valence-electron chi connectivity index (χ2n) is 4.33. The normalized spacial score (nSPS) is 18.9. The van der Waals surface area contributed by atoms with Crippen LogP contribution in [0.1, 0.15) is 26.7 Å². The van der Waals surface area contributed by atoms with Gasteiger partial charge in [0.1, 0.15) is 5.54 Å². The molecule has 1 saturated carbocycles. The van der Waals surface area contributed by atoms with E-state index in [2.05, 4.69) is 5.32 Å². The zero-order chi connectivity index (χ0) is 12.7. The molecule has 1 aliphatic carbocycles. The van der Waals surface area contributed by atoms with Crippen molar-refractivity contribution in [3.8, 4) is 0 Å². The summed E-state index contributed by atoms with van der Waals surface area (Å²) in [5, 5.41) is 12.5. The van der Waals surface area contributed by atoms with E-state index in [1.165, 1.54) is 0 Å². The van der Waals surface area contributed by atoms with Gasteiger partial charge in [0.15, 0.2) is 0 Å². The van der Waals surface area contributed by atoms with Crippen LogP contribution in [0.3, 0.4) is 0 Å². The van der Waals surface area contributed by atoms with Gasteiger partial charge < -0.3 is 14.6 Å². The Morgan fingerprint density at radius 2 is 2.00 bits per heavy atom. The molecule has 17 heavy (non-hydrogen) atoms. The predicted octanol–water partition coefficient (Wildman–Crippen LogP) is 0.882. The van der Waals surface area contributed by atoms with E-state index in [1.807, 2.05) is 13.8 Å². The van der Waals surface area contributed by atoms with Crippen LogP contribution in [0.2, 0.25) is 0 Å². The molecule has 0 aliphatic heterocycles. The van der Waals surface area contributed by atoms with E-state index < -0.39 is 11.5 Å². The molecule has 5 heteroatoms. The summed E-state index contributed by atoms with van der Waals surface area (Å²) in [5.41, 5.74) is -0.902. The number of rotatable bonds is 10. The average molecular weight is 245 g/mol. The fourth-order valence-corrected chi connectivity index (χ4v) is 2.01. The number of hydrogen-bond donors (Lipinski definition) is 2. The highest BCUT2D eigenvalue weighted by molar-refractivity contribution is 5.80. The summed E-state index contributed by atoms with van der Waals surface area (Å²) in [6.45, 7) is 6.31. The van der Waals surface area contributed by atoms with Gasteiger partial charge in [0.25, 0.3) is 0 Å². The third kappa shape index (κ3) is 3.94. The fourth-order valence-electron chi connectivity index (χ4n) is 2.01. The largest absolute Gasteiger partial charge is 0.480 e. The van der Waals surface area contributed by atoms with Crippen molar-refractivity contribution in [2.75, 3.05) is 33.0 Å². The van der Waals surface area contributed by atoms with Crippen LogP contribution < -0.4 is 5.32 Å². The molecule has 0 bridgehead atoms. The van der Waals surface area contributed by atoms with Gasteiger partial charge in [-0.15, -0.1) is 0 Å². The number of carboxylic acid groups (broad SMARTS) is 1. The first-order valence-electron chi connectivity index (χ1n) is 6.31. The lowest BCUT2D eigenvalue weighted by molar-refractivity contribution is -0.149. The van der Waals surface area contributed by atoms with Gasteiger partial charge in [0, 0.05) is 6.61 Å². The van der Waals surface area contributed by atoms with Gasteiger partial charge in [-0.25, -0.2) is 0 Å². The number of aliphatic carboxylic acids is 1. The molecule has 0 radical (unpaired) electrons. The van der Waals surface area contributed by atoms with Crippen LogP contribution in [0.15, 0.2) is 0 Å². The lowest BCUT2D eigenvalue weighted by atomic mass is 9.94. The Bertz CT molecular complexity index is 243. The highest BCUT2D eigenvalue weighted by Gasteiger charge is 2.51. The zero-order valence-electron chi connectivity index (χ0n) is 10.7. The average Bonchev–Trinajstić information content (AvgIpc) is 3.11. The van der Waals surface area contributed by atoms with Crippen LogP contribution in [-0.4, -0.2) is 49.6 Å². The van der Waals surface area contributed by atoms with Gasteiger partial charge in [0.2, 0.25) is 0 Å². The minimum Gasteiger partial charge on any atom is -0.480 e. The Balaban J connectivity index is 2.42. The minimum atomic E-state index is -0.902. The molecule has 1 fully saturated rings. The highest BCUT2D eigenvalue weighted by atomic mass is 16.5. The fraction of sp³-hybridized carbons (Fsp3) is 0.917. The number of likely N-dealkylation sites (N-methyl/N-ethyl adjacent to an activating group) is 1. The minimum absolute atomic E-state index is 0.201. The van der Waals surface area contributed by atoms with E-state index in [0.717, 1.165) is 12.8 Å². The highest BCUT2D eigenvalue weighted by Crippen LogP contribution is 2.40. The van der Waals surface area contributed by atoms with Crippen molar-refractivity contribution in [3.63, 3.8) is 0 Å². The van der Waals surface area contributed by atoms with E-state index in [4.69, 9.17) is 9.47 Å². The van der Waals surface area contributed by atoms with Crippen LogP contribution in [0.4, 0.5) is 0 Å². The van der Waals surface area contributed by atoms with Crippen molar-refractivity contribution >= 4 is 5.97 Å². The summed E-state index contributed by atoms with van der Waals surface area (Å²) >= 11 is 0. The molecule has 0 spiro atoms. The first-order valence-corrected chi connectivity index (χ1v) is 6.31. The molecule has 0 aromatic heterocycles. The Hall–Kier alpha value is -0.650. The molecular weight excluding hydrogens is 222 g/mol. The van der Waals surface area contributed by atoms with Crippen LogP contribution in [0, 0.1) is 5.92 Å². The van der Waals surface area contributed by atoms with Crippen molar-refractivity contribution in [2.24, 2.45) is 5.92 Å². The van der Waals surface area contributed by atoms with Gasteiger partial charge in [-0.3, -0.25) is 10.1 Å². The van der Waals surface area contributed by atoms with Crippen LogP contribution in [0.5, 0.6) is 0 Å². The van der Waals surface area contributed by atoms with Crippen LogP contribution in [0.25, 0.3) is 0 Å². The van der Waals surface area contributed by atoms with Crippen molar-refractivity contribution in [2.45, 2.75) is 32.2 Å². The van der Waals surface area contributed by atoms with E-state index in [0.29, 0.717) is 26.4 Å². The Morgan fingerprint density at radius 3 is 2.47 bits per heavy atom. The lowest BCUT2D eigenvalue weighted by Gasteiger charge is -2.30. The maximum Gasteiger partial charge on any atom is 0.326 e. The summed E-state index contributed by atoms with van der Waals surface area (Å²) in [5.74, 6) is -0.606. The number of carbonyl (C=O) groups is 1. The van der Waals surface area contributed by atoms with Crippen LogP contribution in [-0.2, 0) is 14.3 Å². The molecule has 0 aromatic rings. The molecule has 0 saturated heterocycles. The molecule has 1 unspecified atom stereocenters. The topological polar surface area (TPSA) is 67.8 Å². The molecule has 0 heterocycles. The maximum absolute atomic E-state index is 11.4. The van der Waals surface area contributed by atoms with Crippen molar-refractivity contribution < 1.29 is 19.4 Å². The first-order chi connectivity index (χ1) is 8.17. The van der Waals surface area contributed by atoms with Crippen molar-refractivity contribution in [1.82, 2.24) is 5.32 Å². The maximum atomic E-state index is 11.4. The Labute approximate surface area is 102 Å². The number of hydrogen-bond acceptors (Lipinski definition) is 4. The zero-order valence-corrected chi connectivity index (χ0v) is 10.7. The van der Waals surface area contributed by atoms with E-state index >= 15 is 0 Å².